The van der Waals surface area contributed by atoms with E-state index in [0.29, 0.717) is 22.2 Å². The summed E-state index contributed by atoms with van der Waals surface area (Å²) in [4.78, 5) is 31.4. The highest BCUT2D eigenvalue weighted by atomic mass is 32.2. The van der Waals surface area contributed by atoms with Crippen molar-refractivity contribution in [1.82, 2.24) is 14.7 Å². The number of thioether (sulfide) groups is 1. The van der Waals surface area contributed by atoms with Crippen LogP contribution >= 0.6 is 24.0 Å². The van der Waals surface area contributed by atoms with Crippen LogP contribution in [0.4, 0.5) is 0 Å². The van der Waals surface area contributed by atoms with Crippen LogP contribution in [0, 0.1) is 0 Å². The van der Waals surface area contributed by atoms with Crippen molar-refractivity contribution in [3.63, 3.8) is 0 Å². The van der Waals surface area contributed by atoms with Gasteiger partial charge in [-0.1, -0.05) is 60.4 Å². The molecule has 2 aliphatic heterocycles. The molecule has 28 heavy (non-hydrogen) atoms. The average Bonchev–Trinajstić information content (AvgIpc) is 2.94. The Morgan fingerprint density at radius 2 is 1.86 bits per heavy atom. The number of thiocarbonyl (C=S) groups is 1. The predicted octanol–water partition coefficient (Wildman–Crippen LogP) is 3.00. The first-order chi connectivity index (χ1) is 13.4. The van der Waals surface area contributed by atoms with Gasteiger partial charge in [-0.05, 0) is 31.2 Å². The van der Waals surface area contributed by atoms with Gasteiger partial charge in [0.05, 0.1) is 4.91 Å². The number of hydrogen-bond acceptors (Lipinski definition) is 5. The molecule has 0 radical (unpaired) electrons. The summed E-state index contributed by atoms with van der Waals surface area (Å²) < 4.78 is 0.523. The van der Waals surface area contributed by atoms with Crippen LogP contribution in [0.25, 0.3) is 6.08 Å². The van der Waals surface area contributed by atoms with Crippen LogP contribution in [0.2, 0.25) is 0 Å². The van der Waals surface area contributed by atoms with Crippen molar-refractivity contribution in [2.75, 3.05) is 39.8 Å². The second-order valence-electron chi connectivity index (χ2n) is 7.07. The summed E-state index contributed by atoms with van der Waals surface area (Å²) in [6, 6.07) is 9.98. The van der Waals surface area contributed by atoms with E-state index in [1.165, 1.54) is 11.8 Å². The molecule has 2 amide bonds. The summed E-state index contributed by atoms with van der Waals surface area (Å²) >= 11 is 6.68. The normalized spacial score (nSPS) is 20.4. The van der Waals surface area contributed by atoms with E-state index in [1.54, 1.807) is 4.90 Å². The second-order valence-corrected chi connectivity index (χ2v) is 8.74. The highest BCUT2D eigenvalue weighted by molar-refractivity contribution is 8.26. The van der Waals surface area contributed by atoms with E-state index in [0.717, 1.165) is 37.3 Å². The minimum Gasteiger partial charge on any atom is -0.340 e. The van der Waals surface area contributed by atoms with E-state index in [1.807, 2.05) is 54.3 Å². The first kappa shape index (κ1) is 20.8. The molecule has 0 N–H and O–H groups in total. The number of carbonyl (C=O) groups excluding carboxylic acids is 2. The van der Waals surface area contributed by atoms with Gasteiger partial charge in [0.2, 0.25) is 5.91 Å². The van der Waals surface area contributed by atoms with E-state index in [9.17, 15) is 9.59 Å². The molecule has 0 aliphatic carbocycles. The Morgan fingerprint density at radius 1 is 1.18 bits per heavy atom. The highest BCUT2D eigenvalue weighted by Gasteiger charge is 2.32. The molecule has 0 aromatic heterocycles. The van der Waals surface area contributed by atoms with Crippen molar-refractivity contribution in [2.24, 2.45) is 0 Å². The number of allylic oxidation sites excluding steroid dienone is 2. The average molecular weight is 416 g/mol. The second kappa shape index (κ2) is 9.49. The minimum absolute atomic E-state index is 0.0892. The fourth-order valence-corrected chi connectivity index (χ4v) is 4.53. The first-order valence-corrected chi connectivity index (χ1v) is 10.6. The van der Waals surface area contributed by atoms with Crippen LogP contribution in [-0.4, -0.2) is 70.6 Å². The molecular formula is C21H25N3O2S2. The summed E-state index contributed by atoms with van der Waals surface area (Å²) in [5, 5.41) is 0. The topological polar surface area (TPSA) is 43.9 Å². The molecule has 0 bridgehead atoms. The fraction of sp³-hybridized carbons (Fsp3) is 0.381. The fourth-order valence-electron chi connectivity index (χ4n) is 3.17. The zero-order valence-electron chi connectivity index (χ0n) is 16.3. The largest absolute Gasteiger partial charge is 0.340 e. The lowest BCUT2D eigenvalue weighted by molar-refractivity contribution is -0.133. The van der Waals surface area contributed by atoms with Crippen molar-refractivity contribution >= 4 is 46.2 Å². The first-order valence-electron chi connectivity index (χ1n) is 9.39. The summed E-state index contributed by atoms with van der Waals surface area (Å²) in [7, 11) is 2.06. The molecule has 0 atom stereocenters. The Kier molecular flexibility index (Phi) is 7.04. The van der Waals surface area contributed by atoms with Crippen LogP contribution in [0.5, 0.6) is 0 Å². The molecule has 2 aliphatic rings. The predicted molar refractivity (Wildman–Crippen MR) is 119 cm³/mol. The Labute approximate surface area is 176 Å². The Balaban J connectivity index is 1.59. The van der Waals surface area contributed by atoms with Crippen LogP contribution in [-0.2, 0) is 9.59 Å². The molecule has 7 heteroatoms. The molecule has 0 spiro atoms. The Hall–Kier alpha value is -1.96. The van der Waals surface area contributed by atoms with Gasteiger partial charge in [0.25, 0.3) is 5.91 Å². The van der Waals surface area contributed by atoms with E-state index < -0.39 is 0 Å². The SMILES string of the molecule is CC(=C\c1ccccc1)/C=C1/SC(=S)N(CCC(=O)N2CCN(C)CC2)C1=O. The number of hydrogen-bond donors (Lipinski definition) is 0. The molecular weight excluding hydrogens is 390 g/mol. The molecule has 5 nitrogen and oxygen atoms in total. The van der Waals surface area contributed by atoms with Crippen molar-refractivity contribution in [3.05, 3.63) is 52.4 Å². The van der Waals surface area contributed by atoms with Crippen molar-refractivity contribution in [1.29, 1.82) is 0 Å². The summed E-state index contributed by atoms with van der Waals surface area (Å²) in [5.74, 6) is -0.0201. The molecule has 3 rings (SSSR count). The molecule has 148 valence electrons. The summed E-state index contributed by atoms with van der Waals surface area (Å²) in [6.45, 7) is 5.59. The third-order valence-electron chi connectivity index (χ3n) is 4.83. The molecule has 2 heterocycles. The van der Waals surface area contributed by atoms with Gasteiger partial charge >= 0.3 is 0 Å². The number of carbonyl (C=O) groups is 2. The molecule has 0 saturated carbocycles. The van der Waals surface area contributed by atoms with E-state index >= 15 is 0 Å². The van der Waals surface area contributed by atoms with Gasteiger partial charge in [-0.15, -0.1) is 0 Å². The smallest absolute Gasteiger partial charge is 0.266 e. The lowest BCUT2D eigenvalue weighted by Gasteiger charge is -2.32. The van der Waals surface area contributed by atoms with Gasteiger partial charge in [-0.25, -0.2) is 0 Å². The molecule has 1 aromatic rings. The van der Waals surface area contributed by atoms with Crippen molar-refractivity contribution in [2.45, 2.75) is 13.3 Å². The molecule has 1 aromatic carbocycles. The lowest BCUT2D eigenvalue weighted by Crippen LogP contribution is -2.47. The number of rotatable bonds is 5. The zero-order chi connectivity index (χ0) is 20.1. The monoisotopic (exact) mass is 415 g/mol. The molecule has 2 saturated heterocycles. The Morgan fingerprint density at radius 3 is 2.54 bits per heavy atom. The number of amides is 2. The van der Waals surface area contributed by atoms with Crippen LogP contribution in [0.1, 0.15) is 18.9 Å². The standard InChI is InChI=1S/C21H25N3O2S2/c1-16(14-17-6-4-3-5-7-17)15-18-20(26)24(21(27)28-18)9-8-19(25)23-12-10-22(2)11-13-23/h3-7,14-15H,8-13H2,1-2H3/b16-14+,18-15+. The van der Waals surface area contributed by atoms with Crippen LogP contribution in [0.3, 0.4) is 0 Å². The van der Waals surface area contributed by atoms with Gasteiger partial charge in [-0.2, -0.15) is 0 Å². The Bertz CT molecular complexity index is 812. The summed E-state index contributed by atoms with van der Waals surface area (Å²) in [6.07, 6.45) is 4.21. The minimum atomic E-state index is -0.109. The third-order valence-corrected chi connectivity index (χ3v) is 6.21. The lowest BCUT2D eigenvalue weighted by atomic mass is 10.1. The van der Waals surface area contributed by atoms with E-state index in [-0.39, 0.29) is 11.8 Å². The van der Waals surface area contributed by atoms with Crippen LogP contribution < -0.4 is 0 Å². The van der Waals surface area contributed by atoms with Gasteiger partial charge in [0.1, 0.15) is 4.32 Å². The molecule has 2 fully saturated rings. The number of benzene rings is 1. The van der Waals surface area contributed by atoms with E-state index in [4.69, 9.17) is 12.2 Å². The summed E-state index contributed by atoms with van der Waals surface area (Å²) in [5.41, 5.74) is 2.07. The van der Waals surface area contributed by atoms with E-state index in [2.05, 4.69) is 11.9 Å². The maximum Gasteiger partial charge on any atom is 0.266 e. The number of nitrogens with zero attached hydrogens (tertiary/aromatic N) is 3. The number of piperazine rings is 1. The van der Waals surface area contributed by atoms with Gasteiger partial charge in [0.15, 0.2) is 0 Å². The number of likely N-dealkylation sites (N-methyl/N-ethyl adjacent to an activating group) is 1. The zero-order valence-corrected chi connectivity index (χ0v) is 17.9. The van der Waals surface area contributed by atoms with Gasteiger partial charge in [0, 0.05) is 39.1 Å². The molecule has 0 unspecified atom stereocenters. The van der Waals surface area contributed by atoms with Gasteiger partial charge < -0.3 is 9.80 Å². The third kappa shape index (κ3) is 5.31. The quantitative estimate of drug-likeness (QED) is 0.546. The highest BCUT2D eigenvalue weighted by Crippen LogP contribution is 2.32. The van der Waals surface area contributed by atoms with Gasteiger partial charge in [-0.3, -0.25) is 14.5 Å². The maximum atomic E-state index is 12.7. The van der Waals surface area contributed by atoms with Crippen LogP contribution in [0.15, 0.2) is 46.9 Å². The van der Waals surface area contributed by atoms with Crippen molar-refractivity contribution < 1.29 is 9.59 Å². The maximum absolute atomic E-state index is 12.7. The van der Waals surface area contributed by atoms with Crippen molar-refractivity contribution in [3.8, 4) is 0 Å².